The Hall–Kier alpha value is -2.91. The molecule has 0 saturated heterocycles. The van der Waals surface area contributed by atoms with Crippen LogP contribution in [0.3, 0.4) is 0 Å². The van der Waals surface area contributed by atoms with Gasteiger partial charge in [-0.05, 0) is 67.6 Å². The van der Waals surface area contributed by atoms with Gasteiger partial charge in [0.1, 0.15) is 11.4 Å². The molecule has 2 aromatic heterocycles. The number of anilines is 1. The normalized spacial score (nSPS) is 11.9. The van der Waals surface area contributed by atoms with Gasteiger partial charge in [0.2, 0.25) is 0 Å². The van der Waals surface area contributed by atoms with E-state index >= 15 is 0 Å². The Balaban J connectivity index is 1.52. The average molecular weight is 482 g/mol. The molecule has 0 aliphatic heterocycles. The summed E-state index contributed by atoms with van der Waals surface area (Å²) in [4.78, 5) is 9.94. The topological polar surface area (TPSA) is 89.2 Å². The molecule has 0 bridgehead atoms. The molecular weight excluding hydrogens is 454 g/mol. The number of hydrogen-bond donors (Lipinski definition) is 1. The highest BCUT2D eigenvalue weighted by atomic mass is 32.2. The van der Waals surface area contributed by atoms with Crippen LogP contribution in [0.4, 0.5) is 5.69 Å². The largest absolute Gasteiger partial charge is 0.280 e. The van der Waals surface area contributed by atoms with E-state index in [1.807, 2.05) is 31.2 Å². The van der Waals surface area contributed by atoms with E-state index in [-0.39, 0.29) is 4.90 Å². The lowest BCUT2D eigenvalue weighted by Crippen LogP contribution is -2.13. The van der Waals surface area contributed by atoms with E-state index in [2.05, 4.69) is 40.6 Å². The summed E-state index contributed by atoms with van der Waals surface area (Å²) >= 11 is 1.56. The van der Waals surface area contributed by atoms with Crippen LogP contribution in [-0.4, -0.2) is 28.0 Å². The lowest BCUT2D eigenvalue weighted by molar-refractivity contribution is 0.601. The first kappa shape index (κ1) is 23.3. The Morgan fingerprint density at radius 3 is 2.39 bits per heavy atom. The Labute approximate surface area is 198 Å². The Morgan fingerprint density at radius 2 is 1.76 bits per heavy atom. The maximum absolute atomic E-state index is 12.8. The summed E-state index contributed by atoms with van der Waals surface area (Å²) in [6.07, 6.45) is 3.24. The zero-order valence-corrected chi connectivity index (χ0v) is 20.7. The zero-order chi connectivity index (χ0) is 23.6. The summed E-state index contributed by atoms with van der Waals surface area (Å²) in [6.45, 7) is 8.35. The van der Waals surface area contributed by atoms with Crippen LogP contribution < -0.4 is 4.72 Å². The van der Waals surface area contributed by atoms with Crippen molar-refractivity contribution in [3.63, 3.8) is 0 Å². The van der Waals surface area contributed by atoms with Crippen LogP contribution in [0.2, 0.25) is 0 Å². The molecular formula is C24H27N5O2S2. The van der Waals surface area contributed by atoms with Crippen LogP contribution in [0, 0.1) is 12.8 Å². The van der Waals surface area contributed by atoms with Crippen LogP contribution in [0.5, 0.6) is 0 Å². The molecule has 0 spiro atoms. The van der Waals surface area contributed by atoms with Crippen LogP contribution in [0.15, 0.2) is 69.7 Å². The van der Waals surface area contributed by atoms with Crippen molar-refractivity contribution in [3.05, 3.63) is 71.7 Å². The van der Waals surface area contributed by atoms with Crippen LogP contribution in [0.25, 0.3) is 5.78 Å². The van der Waals surface area contributed by atoms with Gasteiger partial charge in [-0.1, -0.05) is 44.7 Å². The molecule has 0 aliphatic rings. The molecule has 7 nitrogen and oxygen atoms in total. The second kappa shape index (κ2) is 9.52. The van der Waals surface area contributed by atoms with Crippen LogP contribution in [-0.2, 0) is 22.9 Å². The van der Waals surface area contributed by atoms with E-state index in [1.54, 1.807) is 40.5 Å². The molecule has 1 N–H and O–H groups in total. The van der Waals surface area contributed by atoms with E-state index in [9.17, 15) is 8.42 Å². The summed E-state index contributed by atoms with van der Waals surface area (Å²) < 4.78 is 30.0. The van der Waals surface area contributed by atoms with Crippen molar-refractivity contribution in [3.8, 4) is 0 Å². The van der Waals surface area contributed by atoms with Crippen molar-refractivity contribution >= 4 is 33.3 Å². The second-order valence-electron chi connectivity index (χ2n) is 8.28. The number of nitrogens with zero attached hydrogens (tertiary/aromatic N) is 4. The first-order valence-electron chi connectivity index (χ1n) is 10.9. The fourth-order valence-corrected chi connectivity index (χ4v) is 5.84. The molecule has 2 heterocycles. The monoisotopic (exact) mass is 481 g/mol. The first-order chi connectivity index (χ1) is 15.8. The lowest BCUT2D eigenvalue weighted by Gasteiger charge is -2.12. The van der Waals surface area contributed by atoms with Gasteiger partial charge in [0.05, 0.1) is 4.90 Å². The van der Waals surface area contributed by atoms with Crippen molar-refractivity contribution in [2.75, 3.05) is 4.72 Å². The highest BCUT2D eigenvalue weighted by molar-refractivity contribution is 7.99. The van der Waals surface area contributed by atoms with E-state index < -0.39 is 10.0 Å². The number of rotatable bonds is 8. The van der Waals surface area contributed by atoms with Crippen molar-refractivity contribution in [1.82, 2.24) is 19.6 Å². The molecule has 0 fully saturated rings. The Morgan fingerprint density at radius 1 is 1.06 bits per heavy atom. The fraction of sp³-hybridized carbons (Fsp3) is 0.292. The first-order valence-corrected chi connectivity index (χ1v) is 13.2. The summed E-state index contributed by atoms with van der Waals surface area (Å²) in [6, 6.07) is 14.4. The molecule has 0 amide bonds. The minimum Gasteiger partial charge on any atom is -0.280 e. The molecule has 0 radical (unpaired) electrons. The number of hydrogen-bond acceptors (Lipinski definition) is 6. The Bertz CT molecular complexity index is 1360. The lowest BCUT2D eigenvalue weighted by atomic mass is 10.0. The van der Waals surface area contributed by atoms with E-state index in [1.165, 1.54) is 6.33 Å². The number of fused-ring (bicyclic) bond motifs is 1. The van der Waals surface area contributed by atoms with Gasteiger partial charge in [-0.3, -0.25) is 4.72 Å². The smallest absolute Gasteiger partial charge is 0.261 e. The third kappa shape index (κ3) is 5.20. The molecule has 0 aliphatic carbocycles. The molecule has 0 atom stereocenters. The number of aromatic nitrogens is 4. The summed E-state index contributed by atoms with van der Waals surface area (Å²) in [7, 11) is -3.66. The third-order valence-electron chi connectivity index (χ3n) is 5.24. The standard InChI is InChI=1S/C24H27N5O2S2/c1-5-22-17(4)27-24-25-15-26-29(24)23(22)32-20-10-8-19(9-11-20)28-33(30,31)21-12-6-18(7-13-21)14-16(2)3/h6-13,15-16,28H,5,14H2,1-4H3. The molecule has 9 heteroatoms. The van der Waals surface area contributed by atoms with Crippen LogP contribution in [0.1, 0.15) is 37.6 Å². The number of nitrogens with one attached hydrogen (secondary N) is 1. The number of aryl methyl sites for hydroxylation is 1. The van der Waals surface area contributed by atoms with Gasteiger partial charge in [0.25, 0.3) is 15.8 Å². The highest BCUT2D eigenvalue weighted by Crippen LogP contribution is 2.32. The maximum Gasteiger partial charge on any atom is 0.261 e. The summed E-state index contributed by atoms with van der Waals surface area (Å²) in [5.41, 5.74) is 3.69. The van der Waals surface area contributed by atoms with Crippen molar-refractivity contribution in [2.24, 2.45) is 5.92 Å². The second-order valence-corrected chi connectivity index (χ2v) is 11.0. The average Bonchev–Trinajstić information content (AvgIpc) is 3.23. The molecule has 4 aromatic rings. The van der Waals surface area contributed by atoms with Gasteiger partial charge < -0.3 is 0 Å². The van der Waals surface area contributed by atoms with Gasteiger partial charge in [-0.15, -0.1) is 0 Å². The van der Waals surface area contributed by atoms with Gasteiger partial charge in [0, 0.05) is 21.8 Å². The van der Waals surface area contributed by atoms with Crippen LogP contribution >= 0.6 is 11.8 Å². The summed E-state index contributed by atoms with van der Waals surface area (Å²) in [5.74, 6) is 1.09. The van der Waals surface area contributed by atoms with Crippen molar-refractivity contribution in [2.45, 2.75) is 55.4 Å². The molecule has 172 valence electrons. The molecule has 4 rings (SSSR count). The van der Waals surface area contributed by atoms with Crippen molar-refractivity contribution < 1.29 is 8.42 Å². The van der Waals surface area contributed by atoms with E-state index in [0.29, 0.717) is 17.4 Å². The third-order valence-corrected chi connectivity index (χ3v) is 7.75. The van der Waals surface area contributed by atoms with E-state index in [4.69, 9.17) is 0 Å². The minimum absolute atomic E-state index is 0.252. The number of benzene rings is 2. The fourth-order valence-electron chi connectivity index (χ4n) is 3.66. The quantitative estimate of drug-likeness (QED) is 0.350. The van der Waals surface area contributed by atoms with Gasteiger partial charge in [0.15, 0.2) is 0 Å². The minimum atomic E-state index is -3.66. The molecule has 2 aromatic carbocycles. The highest BCUT2D eigenvalue weighted by Gasteiger charge is 2.16. The molecule has 0 unspecified atom stereocenters. The van der Waals surface area contributed by atoms with Gasteiger partial charge in [-0.2, -0.15) is 14.6 Å². The number of sulfonamides is 1. The Kier molecular flexibility index (Phi) is 6.71. The zero-order valence-electron chi connectivity index (χ0n) is 19.1. The van der Waals surface area contributed by atoms with Crippen molar-refractivity contribution in [1.29, 1.82) is 0 Å². The molecule has 33 heavy (non-hydrogen) atoms. The predicted molar refractivity (Wildman–Crippen MR) is 131 cm³/mol. The van der Waals surface area contributed by atoms with Gasteiger partial charge in [-0.25, -0.2) is 13.4 Å². The van der Waals surface area contributed by atoms with E-state index in [0.717, 1.165) is 39.6 Å². The van der Waals surface area contributed by atoms with Gasteiger partial charge >= 0.3 is 0 Å². The predicted octanol–water partition coefficient (Wildman–Crippen LogP) is 5.15. The summed E-state index contributed by atoms with van der Waals surface area (Å²) in [5, 5.41) is 5.28. The molecule has 0 saturated carbocycles. The SMILES string of the molecule is CCc1c(C)nc2ncnn2c1Sc1ccc(NS(=O)(=O)c2ccc(CC(C)C)cc2)cc1. The maximum atomic E-state index is 12.8.